The van der Waals surface area contributed by atoms with Crippen LogP contribution < -0.4 is 5.56 Å². The molecule has 7 nitrogen and oxygen atoms in total. The highest BCUT2D eigenvalue weighted by molar-refractivity contribution is 5.91. The number of aromatic nitrogens is 1. The standard InChI is InChI=1S/C16H16N2O5/c1-18(9-11-5-3-2-4-6-11)15(21)10-23-16(22)12-7-13(19)17-14(20)8-12/h2-8H,9-10H2,1H3,(H2,17,19,20). The summed E-state index contributed by atoms with van der Waals surface area (Å²) in [6, 6.07) is 11.4. The van der Waals surface area contributed by atoms with E-state index in [1.807, 2.05) is 30.3 Å². The number of benzene rings is 1. The van der Waals surface area contributed by atoms with Crippen molar-refractivity contribution in [1.82, 2.24) is 9.88 Å². The Morgan fingerprint density at radius 2 is 1.91 bits per heavy atom. The molecule has 0 unspecified atom stereocenters. The molecule has 1 aromatic heterocycles. The topological polar surface area (TPSA) is 99.7 Å². The summed E-state index contributed by atoms with van der Waals surface area (Å²) in [5, 5.41) is 9.23. The molecule has 1 aromatic carbocycles. The number of carbonyl (C=O) groups excluding carboxylic acids is 2. The van der Waals surface area contributed by atoms with Crippen molar-refractivity contribution in [3.8, 4) is 5.88 Å². The van der Waals surface area contributed by atoms with Crippen LogP contribution in [-0.2, 0) is 16.1 Å². The number of hydrogen-bond acceptors (Lipinski definition) is 5. The minimum Gasteiger partial charge on any atom is -0.494 e. The van der Waals surface area contributed by atoms with Gasteiger partial charge in [0, 0.05) is 25.7 Å². The van der Waals surface area contributed by atoms with Crippen LogP contribution in [0.15, 0.2) is 47.3 Å². The maximum Gasteiger partial charge on any atom is 0.339 e. The van der Waals surface area contributed by atoms with Crippen molar-refractivity contribution in [3.05, 3.63) is 63.9 Å². The Morgan fingerprint density at radius 1 is 1.22 bits per heavy atom. The van der Waals surface area contributed by atoms with E-state index in [9.17, 15) is 19.5 Å². The van der Waals surface area contributed by atoms with Crippen molar-refractivity contribution in [2.75, 3.05) is 13.7 Å². The smallest absolute Gasteiger partial charge is 0.339 e. The van der Waals surface area contributed by atoms with Crippen LogP contribution in [0.3, 0.4) is 0 Å². The number of nitrogens with zero attached hydrogens (tertiary/aromatic N) is 1. The van der Waals surface area contributed by atoms with Gasteiger partial charge < -0.3 is 14.7 Å². The molecular weight excluding hydrogens is 300 g/mol. The summed E-state index contributed by atoms with van der Waals surface area (Å²) in [5.41, 5.74) is 0.198. The van der Waals surface area contributed by atoms with Crippen LogP contribution >= 0.6 is 0 Å². The molecule has 0 saturated heterocycles. The van der Waals surface area contributed by atoms with Gasteiger partial charge in [-0.1, -0.05) is 30.3 Å². The van der Waals surface area contributed by atoms with Crippen molar-refractivity contribution in [3.63, 3.8) is 0 Å². The highest BCUT2D eigenvalue weighted by Gasteiger charge is 2.15. The lowest BCUT2D eigenvalue weighted by Gasteiger charge is -2.17. The first-order chi connectivity index (χ1) is 11.0. The molecule has 0 aliphatic heterocycles. The first kappa shape index (κ1) is 16.3. The molecule has 0 radical (unpaired) electrons. The minimum atomic E-state index is -0.854. The average molecular weight is 316 g/mol. The summed E-state index contributed by atoms with van der Waals surface area (Å²) in [5.74, 6) is -1.68. The Bertz CT molecular complexity index is 755. The van der Waals surface area contributed by atoms with Gasteiger partial charge in [0.25, 0.3) is 11.5 Å². The third-order valence-corrected chi connectivity index (χ3v) is 3.08. The zero-order valence-corrected chi connectivity index (χ0v) is 12.5. The molecule has 1 amide bonds. The molecule has 7 heteroatoms. The fourth-order valence-corrected chi connectivity index (χ4v) is 1.91. The predicted octanol–water partition coefficient (Wildman–Crippen LogP) is 0.896. The van der Waals surface area contributed by atoms with E-state index in [-0.39, 0.29) is 11.5 Å². The first-order valence-electron chi connectivity index (χ1n) is 6.84. The number of likely N-dealkylation sites (N-methyl/N-ethyl adjacent to an activating group) is 1. The molecule has 0 bridgehead atoms. The van der Waals surface area contributed by atoms with E-state index in [2.05, 4.69) is 4.98 Å². The lowest BCUT2D eigenvalue weighted by molar-refractivity contribution is -0.133. The second-order valence-corrected chi connectivity index (χ2v) is 4.93. The number of nitrogens with one attached hydrogen (secondary N) is 1. The predicted molar refractivity (Wildman–Crippen MR) is 81.9 cm³/mol. The van der Waals surface area contributed by atoms with E-state index >= 15 is 0 Å². The molecule has 2 rings (SSSR count). The lowest BCUT2D eigenvalue weighted by atomic mass is 10.2. The molecular formula is C16H16N2O5. The Balaban J connectivity index is 1.90. The van der Waals surface area contributed by atoms with Crippen molar-refractivity contribution in [2.24, 2.45) is 0 Å². The van der Waals surface area contributed by atoms with Gasteiger partial charge in [0.05, 0.1) is 5.56 Å². The van der Waals surface area contributed by atoms with Gasteiger partial charge in [-0.25, -0.2) is 4.79 Å². The lowest BCUT2D eigenvalue weighted by Crippen LogP contribution is -2.30. The highest BCUT2D eigenvalue weighted by atomic mass is 16.5. The molecule has 2 aromatic rings. The van der Waals surface area contributed by atoms with Crippen molar-refractivity contribution < 1.29 is 19.4 Å². The number of carbonyl (C=O) groups is 2. The summed E-state index contributed by atoms with van der Waals surface area (Å²) in [6.45, 7) is -0.0568. The fourth-order valence-electron chi connectivity index (χ4n) is 1.91. The second kappa shape index (κ2) is 7.26. The molecule has 0 aliphatic rings. The summed E-state index contributed by atoms with van der Waals surface area (Å²) in [7, 11) is 1.60. The Kier molecular flexibility index (Phi) is 5.14. The highest BCUT2D eigenvalue weighted by Crippen LogP contribution is 2.07. The molecule has 2 N–H and O–H groups in total. The van der Waals surface area contributed by atoms with Crippen molar-refractivity contribution in [2.45, 2.75) is 6.54 Å². The van der Waals surface area contributed by atoms with Crippen LogP contribution in [0.5, 0.6) is 5.88 Å². The van der Waals surface area contributed by atoms with Gasteiger partial charge in [0.1, 0.15) is 0 Å². The maximum atomic E-state index is 11.9. The zero-order valence-electron chi connectivity index (χ0n) is 12.5. The number of H-pyrrole nitrogens is 1. The van der Waals surface area contributed by atoms with Crippen molar-refractivity contribution >= 4 is 11.9 Å². The molecule has 0 saturated carbocycles. The summed E-state index contributed by atoms with van der Waals surface area (Å²) in [6.07, 6.45) is 0. The van der Waals surface area contributed by atoms with E-state index in [1.165, 1.54) is 4.90 Å². The van der Waals surface area contributed by atoms with Gasteiger partial charge in [-0.05, 0) is 5.56 Å². The van der Waals surface area contributed by atoms with Crippen LogP contribution in [0.1, 0.15) is 15.9 Å². The third-order valence-electron chi connectivity index (χ3n) is 3.08. The SMILES string of the molecule is CN(Cc1ccccc1)C(=O)COC(=O)c1cc(O)[nH]c(=O)c1. The number of amides is 1. The molecule has 0 fully saturated rings. The number of ether oxygens (including phenoxy) is 1. The molecule has 1 heterocycles. The summed E-state index contributed by atoms with van der Waals surface area (Å²) in [4.78, 5) is 38.4. The van der Waals surface area contributed by atoms with Gasteiger partial charge in [0.2, 0.25) is 0 Å². The first-order valence-corrected chi connectivity index (χ1v) is 6.84. The third kappa shape index (κ3) is 4.70. The fraction of sp³-hybridized carbons (Fsp3) is 0.188. The number of rotatable bonds is 5. The van der Waals surface area contributed by atoms with E-state index < -0.39 is 24.0 Å². The average Bonchev–Trinajstić information content (AvgIpc) is 2.52. The maximum absolute atomic E-state index is 11.9. The van der Waals surface area contributed by atoms with Gasteiger partial charge in [-0.2, -0.15) is 0 Å². The summed E-state index contributed by atoms with van der Waals surface area (Å²) < 4.78 is 4.86. The monoisotopic (exact) mass is 316 g/mol. The molecule has 0 spiro atoms. The minimum absolute atomic E-state index is 0.121. The van der Waals surface area contributed by atoms with Gasteiger partial charge >= 0.3 is 5.97 Å². The number of aromatic amines is 1. The van der Waals surface area contributed by atoms with Crippen LogP contribution in [0.2, 0.25) is 0 Å². The normalized spacial score (nSPS) is 10.1. The quantitative estimate of drug-likeness (QED) is 0.798. The Hall–Kier alpha value is -3.09. The van der Waals surface area contributed by atoms with E-state index in [1.54, 1.807) is 7.05 Å². The largest absolute Gasteiger partial charge is 0.494 e. The van der Waals surface area contributed by atoms with Gasteiger partial charge in [0.15, 0.2) is 12.5 Å². The number of pyridine rings is 1. The Morgan fingerprint density at radius 3 is 2.57 bits per heavy atom. The zero-order chi connectivity index (χ0) is 16.8. The summed E-state index contributed by atoms with van der Waals surface area (Å²) >= 11 is 0. The van der Waals surface area contributed by atoms with Crippen LogP contribution in [0.4, 0.5) is 0 Å². The van der Waals surface area contributed by atoms with E-state index in [4.69, 9.17) is 4.74 Å². The molecule has 0 aliphatic carbocycles. The van der Waals surface area contributed by atoms with Gasteiger partial charge in [-0.3, -0.25) is 14.6 Å². The van der Waals surface area contributed by atoms with E-state index in [0.717, 1.165) is 17.7 Å². The second-order valence-electron chi connectivity index (χ2n) is 4.93. The molecule has 23 heavy (non-hydrogen) atoms. The van der Waals surface area contributed by atoms with Crippen LogP contribution in [0, 0.1) is 0 Å². The number of esters is 1. The van der Waals surface area contributed by atoms with Crippen LogP contribution in [-0.4, -0.2) is 40.5 Å². The van der Waals surface area contributed by atoms with E-state index in [0.29, 0.717) is 6.54 Å². The number of aromatic hydroxyl groups is 1. The van der Waals surface area contributed by atoms with Crippen LogP contribution in [0.25, 0.3) is 0 Å². The van der Waals surface area contributed by atoms with Crippen molar-refractivity contribution in [1.29, 1.82) is 0 Å². The molecule has 120 valence electrons. The van der Waals surface area contributed by atoms with Gasteiger partial charge in [-0.15, -0.1) is 0 Å². The Labute approximate surface area is 132 Å². The number of hydrogen-bond donors (Lipinski definition) is 2. The molecule has 0 atom stereocenters.